The summed E-state index contributed by atoms with van der Waals surface area (Å²) in [5, 5.41) is 10.9. The average molecular weight is 254 g/mol. The zero-order valence-corrected chi connectivity index (χ0v) is 10.2. The first kappa shape index (κ1) is 12.6. The SMILES string of the molecule is COc1ccc([N+](=O)[O-])c(C#Cc2ccccc2)n1. The molecule has 0 radical (unpaired) electrons. The molecule has 5 nitrogen and oxygen atoms in total. The lowest BCUT2D eigenvalue weighted by atomic mass is 10.2. The van der Waals surface area contributed by atoms with Crippen molar-refractivity contribution in [2.75, 3.05) is 7.11 Å². The fraction of sp³-hybridized carbons (Fsp3) is 0.0714. The van der Waals surface area contributed by atoms with Gasteiger partial charge >= 0.3 is 5.69 Å². The Morgan fingerprint density at radius 2 is 1.89 bits per heavy atom. The van der Waals surface area contributed by atoms with E-state index in [0.29, 0.717) is 5.88 Å². The first-order valence-corrected chi connectivity index (χ1v) is 5.47. The second kappa shape index (κ2) is 5.65. The lowest BCUT2D eigenvalue weighted by Gasteiger charge is -1.99. The third-order valence-electron chi connectivity index (χ3n) is 2.35. The van der Waals surface area contributed by atoms with Crippen molar-refractivity contribution in [1.29, 1.82) is 0 Å². The van der Waals surface area contributed by atoms with E-state index in [2.05, 4.69) is 16.8 Å². The minimum absolute atomic E-state index is 0.0909. The van der Waals surface area contributed by atoms with E-state index in [1.807, 2.05) is 30.3 Å². The molecule has 1 heterocycles. The van der Waals surface area contributed by atoms with Crippen LogP contribution >= 0.6 is 0 Å². The van der Waals surface area contributed by atoms with Crippen molar-refractivity contribution in [3.05, 3.63) is 63.8 Å². The second-order valence-electron chi connectivity index (χ2n) is 3.59. The molecule has 0 amide bonds. The number of pyridine rings is 1. The third-order valence-corrected chi connectivity index (χ3v) is 2.35. The summed E-state index contributed by atoms with van der Waals surface area (Å²) < 4.78 is 4.94. The highest BCUT2D eigenvalue weighted by atomic mass is 16.6. The molecule has 0 atom stereocenters. The highest BCUT2D eigenvalue weighted by Crippen LogP contribution is 2.19. The van der Waals surface area contributed by atoms with Crippen LogP contribution in [0.4, 0.5) is 5.69 Å². The van der Waals surface area contributed by atoms with Gasteiger partial charge in [-0.05, 0) is 18.1 Å². The largest absolute Gasteiger partial charge is 0.481 e. The van der Waals surface area contributed by atoms with Gasteiger partial charge in [0.05, 0.1) is 12.0 Å². The molecule has 0 aliphatic heterocycles. The van der Waals surface area contributed by atoms with Gasteiger partial charge in [-0.3, -0.25) is 10.1 Å². The number of aromatic nitrogens is 1. The molecule has 0 fully saturated rings. The Balaban J connectivity index is 2.44. The molecule has 0 bridgehead atoms. The third kappa shape index (κ3) is 3.07. The molecule has 0 unspecified atom stereocenters. The van der Waals surface area contributed by atoms with E-state index in [0.717, 1.165) is 5.56 Å². The minimum atomic E-state index is -0.512. The molecule has 0 saturated carbocycles. The molecular weight excluding hydrogens is 244 g/mol. The fourth-order valence-corrected chi connectivity index (χ4v) is 1.44. The van der Waals surface area contributed by atoms with Crippen LogP contribution in [0.3, 0.4) is 0 Å². The van der Waals surface area contributed by atoms with Crippen LogP contribution in [0.15, 0.2) is 42.5 Å². The number of hydrogen-bond acceptors (Lipinski definition) is 4. The molecule has 94 valence electrons. The highest BCUT2D eigenvalue weighted by molar-refractivity contribution is 5.50. The normalized spacial score (nSPS) is 9.32. The van der Waals surface area contributed by atoms with Crippen LogP contribution in [0.25, 0.3) is 0 Å². The van der Waals surface area contributed by atoms with Gasteiger partial charge in [0, 0.05) is 17.7 Å². The van der Waals surface area contributed by atoms with E-state index in [-0.39, 0.29) is 11.4 Å². The van der Waals surface area contributed by atoms with E-state index in [4.69, 9.17) is 4.74 Å². The Kier molecular flexibility index (Phi) is 3.74. The Morgan fingerprint density at radius 1 is 1.16 bits per heavy atom. The number of hydrogen-bond donors (Lipinski definition) is 0. The zero-order chi connectivity index (χ0) is 13.7. The molecular formula is C14H10N2O3. The summed E-state index contributed by atoms with van der Waals surface area (Å²) >= 11 is 0. The maximum absolute atomic E-state index is 10.9. The van der Waals surface area contributed by atoms with Gasteiger partial charge in [0.2, 0.25) is 5.88 Å². The number of ether oxygens (including phenoxy) is 1. The molecule has 0 aliphatic carbocycles. The Hall–Kier alpha value is -2.87. The molecule has 1 aromatic heterocycles. The van der Waals surface area contributed by atoms with Gasteiger partial charge in [-0.25, -0.2) is 0 Å². The Bertz CT molecular complexity index is 657. The van der Waals surface area contributed by atoms with Crippen LogP contribution in [-0.2, 0) is 0 Å². The summed E-state index contributed by atoms with van der Waals surface area (Å²) in [7, 11) is 1.45. The standard InChI is InChI=1S/C14H10N2O3/c1-19-14-10-9-13(16(17)18)12(15-14)8-7-11-5-3-2-4-6-11/h2-6,9-10H,1H3. The minimum Gasteiger partial charge on any atom is -0.481 e. The molecule has 0 N–H and O–H groups in total. The fourth-order valence-electron chi connectivity index (χ4n) is 1.44. The molecule has 1 aromatic carbocycles. The molecule has 2 rings (SSSR count). The number of benzene rings is 1. The summed E-state index contributed by atoms with van der Waals surface area (Å²) in [5.74, 6) is 5.83. The molecule has 0 spiro atoms. The summed E-state index contributed by atoms with van der Waals surface area (Å²) in [4.78, 5) is 14.4. The predicted molar refractivity (Wildman–Crippen MR) is 69.9 cm³/mol. The molecule has 2 aromatic rings. The number of nitro groups is 1. The maximum Gasteiger partial charge on any atom is 0.303 e. The lowest BCUT2D eigenvalue weighted by molar-refractivity contribution is -0.385. The highest BCUT2D eigenvalue weighted by Gasteiger charge is 2.14. The zero-order valence-electron chi connectivity index (χ0n) is 10.2. The van der Waals surface area contributed by atoms with Gasteiger partial charge < -0.3 is 4.74 Å². The Morgan fingerprint density at radius 3 is 2.53 bits per heavy atom. The van der Waals surface area contributed by atoms with Crippen molar-refractivity contribution < 1.29 is 9.66 Å². The van der Waals surface area contributed by atoms with Crippen molar-refractivity contribution in [3.8, 4) is 17.7 Å². The number of rotatable bonds is 2. The average Bonchev–Trinajstić information content (AvgIpc) is 2.45. The summed E-state index contributed by atoms with van der Waals surface area (Å²) in [6.45, 7) is 0. The van der Waals surface area contributed by atoms with Gasteiger partial charge in [-0.2, -0.15) is 4.98 Å². The first-order valence-electron chi connectivity index (χ1n) is 5.47. The maximum atomic E-state index is 10.9. The van der Waals surface area contributed by atoms with E-state index in [1.165, 1.54) is 19.2 Å². The van der Waals surface area contributed by atoms with Gasteiger partial charge in [0.25, 0.3) is 0 Å². The quantitative estimate of drug-likeness (QED) is 0.469. The van der Waals surface area contributed by atoms with Gasteiger partial charge in [0.1, 0.15) is 0 Å². The van der Waals surface area contributed by atoms with E-state index >= 15 is 0 Å². The van der Waals surface area contributed by atoms with Crippen molar-refractivity contribution >= 4 is 5.69 Å². The summed E-state index contributed by atoms with van der Waals surface area (Å²) in [6.07, 6.45) is 0. The predicted octanol–water partition coefficient (Wildman–Crippen LogP) is 2.40. The monoisotopic (exact) mass is 254 g/mol. The van der Waals surface area contributed by atoms with Crippen molar-refractivity contribution in [2.24, 2.45) is 0 Å². The van der Waals surface area contributed by atoms with E-state index in [1.54, 1.807) is 0 Å². The topological polar surface area (TPSA) is 65.3 Å². The van der Waals surface area contributed by atoms with Crippen LogP contribution in [0.2, 0.25) is 0 Å². The Labute approximate surface area is 110 Å². The number of nitrogens with zero attached hydrogens (tertiary/aromatic N) is 2. The summed E-state index contributed by atoms with van der Waals surface area (Å²) in [6, 6.07) is 12.0. The van der Waals surface area contributed by atoms with Gasteiger partial charge in [-0.15, -0.1) is 0 Å². The molecule has 5 heteroatoms. The van der Waals surface area contributed by atoms with Crippen molar-refractivity contribution in [1.82, 2.24) is 4.98 Å². The molecule has 19 heavy (non-hydrogen) atoms. The van der Waals surface area contributed by atoms with Crippen LogP contribution < -0.4 is 4.74 Å². The number of methoxy groups -OCH3 is 1. The van der Waals surface area contributed by atoms with Gasteiger partial charge in [0.15, 0.2) is 5.69 Å². The van der Waals surface area contributed by atoms with Crippen molar-refractivity contribution in [2.45, 2.75) is 0 Å². The summed E-state index contributed by atoms with van der Waals surface area (Å²) in [5.41, 5.74) is 0.721. The van der Waals surface area contributed by atoms with Crippen LogP contribution in [0.1, 0.15) is 11.3 Å². The molecule has 0 aliphatic rings. The van der Waals surface area contributed by atoms with Crippen LogP contribution in [-0.4, -0.2) is 17.0 Å². The van der Waals surface area contributed by atoms with Crippen LogP contribution in [0.5, 0.6) is 5.88 Å². The lowest BCUT2D eigenvalue weighted by Crippen LogP contribution is -1.97. The van der Waals surface area contributed by atoms with E-state index < -0.39 is 4.92 Å². The van der Waals surface area contributed by atoms with Crippen LogP contribution in [0, 0.1) is 22.0 Å². The molecule has 0 saturated heterocycles. The smallest absolute Gasteiger partial charge is 0.303 e. The van der Waals surface area contributed by atoms with Gasteiger partial charge in [-0.1, -0.05) is 24.1 Å². The van der Waals surface area contributed by atoms with E-state index in [9.17, 15) is 10.1 Å². The second-order valence-corrected chi connectivity index (χ2v) is 3.59. The first-order chi connectivity index (χ1) is 9.20. The van der Waals surface area contributed by atoms with Crippen molar-refractivity contribution in [3.63, 3.8) is 0 Å².